The van der Waals surface area contributed by atoms with Gasteiger partial charge in [0.2, 0.25) is 5.95 Å². The van der Waals surface area contributed by atoms with Crippen molar-refractivity contribution in [2.45, 2.75) is 19.2 Å². The van der Waals surface area contributed by atoms with E-state index >= 15 is 0 Å². The van der Waals surface area contributed by atoms with Gasteiger partial charge in [-0.05, 0) is 24.3 Å². The van der Waals surface area contributed by atoms with Gasteiger partial charge in [0.1, 0.15) is 24.2 Å². The maximum Gasteiger partial charge on any atom is 0.329 e. The van der Waals surface area contributed by atoms with E-state index in [4.69, 9.17) is 9.15 Å². The van der Waals surface area contributed by atoms with Crippen LogP contribution in [0.2, 0.25) is 0 Å². The fraction of sp³-hybridized carbons (Fsp3) is 0.250. The molecule has 0 saturated carbocycles. The molecule has 1 aromatic carbocycles. The van der Waals surface area contributed by atoms with Gasteiger partial charge >= 0.3 is 5.69 Å². The number of hydrogen-bond donors (Lipinski definition) is 3. The van der Waals surface area contributed by atoms with E-state index in [9.17, 15) is 14.7 Å². The van der Waals surface area contributed by atoms with E-state index in [1.807, 2.05) is 18.2 Å². The number of nitrogens with one attached hydrogen (secondary N) is 2. The molecule has 0 aliphatic rings. The molecule has 3 heterocycles. The predicted molar refractivity (Wildman–Crippen MR) is 110 cm³/mol. The van der Waals surface area contributed by atoms with E-state index in [0.717, 1.165) is 0 Å². The molecule has 10 nitrogen and oxygen atoms in total. The molecule has 3 N–H and O–H groups in total. The van der Waals surface area contributed by atoms with Crippen LogP contribution in [0.1, 0.15) is 5.76 Å². The minimum atomic E-state index is -0.927. The molecule has 0 aliphatic heterocycles. The van der Waals surface area contributed by atoms with Gasteiger partial charge in [0.05, 0.1) is 19.4 Å². The number of ether oxygens (including phenoxy) is 1. The van der Waals surface area contributed by atoms with E-state index in [0.29, 0.717) is 24.0 Å². The van der Waals surface area contributed by atoms with Gasteiger partial charge in [-0.15, -0.1) is 0 Å². The number of aliphatic hydroxyl groups is 1. The number of fused-ring (bicyclic) bond motifs is 1. The molecule has 3 aromatic heterocycles. The summed E-state index contributed by atoms with van der Waals surface area (Å²) in [4.78, 5) is 31.1. The lowest BCUT2D eigenvalue weighted by Gasteiger charge is -2.15. The molecule has 1 unspecified atom stereocenters. The Morgan fingerprint density at radius 3 is 2.77 bits per heavy atom. The summed E-state index contributed by atoms with van der Waals surface area (Å²) in [6, 6.07) is 12.7. The number of rotatable bonds is 8. The summed E-state index contributed by atoms with van der Waals surface area (Å²) in [5.74, 6) is 1.62. The quantitative estimate of drug-likeness (QED) is 0.396. The number of aromatic amines is 1. The van der Waals surface area contributed by atoms with Crippen molar-refractivity contribution in [2.24, 2.45) is 7.05 Å². The lowest BCUT2D eigenvalue weighted by atomic mass is 10.3. The van der Waals surface area contributed by atoms with Crippen LogP contribution in [0.25, 0.3) is 11.2 Å². The maximum atomic E-state index is 12.5. The fourth-order valence-corrected chi connectivity index (χ4v) is 3.10. The maximum absolute atomic E-state index is 12.5. The van der Waals surface area contributed by atoms with Crippen molar-refractivity contribution in [1.29, 1.82) is 0 Å². The van der Waals surface area contributed by atoms with E-state index in [1.165, 1.54) is 16.2 Å². The highest BCUT2D eigenvalue weighted by Gasteiger charge is 2.20. The van der Waals surface area contributed by atoms with Gasteiger partial charge in [-0.25, -0.2) is 4.79 Å². The molecule has 156 valence electrons. The van der Waals surface area contributed by atoms with Crippen LogP contribution in [-0.2, 0) is 20.1 Å². The van der Waals surface area contributed by atoms with Gasteiger partial charge in [0.25, 0.3) is 5.56 Å². The zero-order valence-corrected chi connectivity index (χ0v) is 16.2. The predicted octanol–water partition coefficient (Wildman–Crippen LogP) is 1.07. The number of aliphatic hydroxyl groups excluding tert-OH is 1. The SMILES string of the molecule is Cn1c(=O)[nH]c(=O)c2c1nc(NCc1ccco1)n2CC(O)COc1ccccc1. The van der Waals surface area contributed by atoms with Crippen LogP contribution in [-0.4, -0.2) is 36.9 Å². The van der Waals surface area contributed by atoms with Gasteiger partial charge < -0.3 is 24.1 Å². The molecule has 4 rings (SSSR count). The molecular weight excluding hydrogens is 390 g/mol. The molecule has 0 amide bonds. The molecule has 0 saturated heterocycles. The zero-order chi connectivity index (χ0) is 21.1. The molecule has 0 fully saturated rings. The second-order valence-electron chi connectivity index (χ2n) is 6.75. The summed E-state index contributed by atoms with van der Waals surface area (Å²) in [5, 5.41) is 13.6. The van der Waals surface area contributed by atoms with Crippen molar-refractivity contribution in [3.05, 3.63) is 75.3 Å². The Morgan fingerprint density at radius 1 is 1.23 bits per heavy atom. The molecule has 0 spiro atoms. The average Bonchev–Trinajstić information content (AvgIpc) is 3.38. The van der Waals surface area contributed by atoms with E-state index in [-0.39, 0.29) is 24.3 Å². The van der Waals surface area contributed by atoms with Crippen LogP contribution >= 0.6 is 0 Å². The Morgan fingerprint density at radius 2 is 2.03 bits per heavy atom. The lowest BCUT2D eigenvalue weighted by molar-refractivity contribution is 0.0938. The number of benzene rings is 1. The Bertz CT molecular complexity index is 1240. The number of imidazole rings is 1. The van der Waals surface area contributed by atoms with Crippen molar-refractivity contribution in [2.75, 3.05) is 11.9 Å². The summed E-state index contributed by atoms with van der Waals surface area (Å²) in [7, 11) is 1.52. The highest BCUT2D eigenvalue weighted by molar-refractivity contribution is 5.74. The standard InChI is InChI=1S/C20H21N5O5/c1-24-17-16(18(27)23-20(24)28)25(19(22-17)21-10-15-8-5-9-29-15)11-13(26)12-30-14-6-3-2-4-7-14/h2-9,13,26H,10-12H2,1H3,(H,21,22)(H,23,27,28). The monoisotopic (exact) mass is 411 g/mol. The lowest BCUT2D eigenvalue weighted by Crippen LogP contribution is -2.30. The summed E-state index contributed by atoms with van der Waals surface area (Å²) < 4.78 is 13.7. The smallest absolute Gasteiger partial charge is 0.329 e. The first-order chi connectivity index (χ1) is 14.5. The minimum Gasteiger partial charge on any atom is -0.491 e. The van der Waals surface area contributed by atoms with Crippen LogP contribution in [0.4, 0.5) is 5.95 Å². The fourth-order valence-electron chi connectivity index (χ4n) is 3.10. The molecule has 0 radical (unpaired) electrons. The van der Waals surface area contributed by atoms with E-state index < -0.39 is 17.4 Å². The van der Waals surface area contributed by atoms with Gasteiger partial charge in [-0.1, -0.05) is 18.2 Å². The largest absolute Gasteiger partial charge is 0.491 e. The first-order valence-electron chi connectivity index (χ1n) is 9.34. The van der Waals surface area contributed by atoms with Crippen LogP contribution in [0.5, 0.6) is 5.75 Å². The van der Waals surface area contributed by atoms with Crippen LogP contribution < -0.4 is 21.3 Å². The number of nitrogens with zero attached hydrogens (tertiary/aromatic N) is 3. The minimum absolute atomic E-state index is 0.0188. The van der Waals surface area contributed by atoms with Crippen molar-refractivity contribution < 1.29 is 14.3 Å². The third kappa shape index (κ3) is 3.98. The Labute approximate surface area is 170 Å². The molecule has 30 heavy (non-hydrogen) atoms. The average molecular weight is 411 g/mol. The number of H-pyrrole nitrogens is 1. The highest BCUT2D eigenvalue weighted by Crippen LogP contribution is 2.18. The number of aromatic nitrogens is 4. The van der Waals surface area contributed by atoms with Gasteiger partial charge in [0, 0.05) is 7.05 Å². The summed E-state index contributed by atoms with van der Waals surface area (Å²) in [6.45, 7) is 0.370. The topological polar surface area (TPSA) is 127 Å². The third-order valence-electron chi connectivity index (χ3n) is 4.59. The summed E-state index contributed by atoms with van der Waals surface area (Å²) >= 11 is 0. The molecule has 1 atom stereocenters. The third-order valence-corrected chi connectivity index (χ3v) is 4.59. The molecule has 0 bridgehead atoms. The van der Waals surface area contributed by atoms with Crippen LogP contribution in [0.3, 0.4) is 0 Å². The molecule has 10 heteroatoms. The molecule has 0 aliphatic carbocycles. The number of furan rings is 1. The van der Waals surface area contributed by atoms with E-state index in [2.05, 4.69) is 15.3 Å². The first-order valence-corrected chi connectivity index (χ1v) is 9.34. The Hall–Kier alpha value is -3.79. The van der Waals surface area contributed by atoms with Crippen molar-refractivity contribution in [3.63, 3.8) is 0 Å². The van der Waals surface area contributed by atoms with E-state index in [1.54, 1.807) is 30.5 Å². The van der Waals surface area contributed by atoms with Gasteiger partial charge in [-0.2, -0.15) is 4.98 Å². The van der Waals surface area contributed by atoms with Crippen LogP contribution in [0.15, 0.2) is 62.7 Å². The van der Waals surface area contributed by atoms with Crippen molar-refractivity contribution >= 4 is 17.1 Å². The molecular formula is C20H21N5O5. The Balaban J connectivity index is 1.63. The van der Waals surface area contributed by atoms with Crippen molar-refractivity contribution in [3.8, 4) is 5.75 Å². The second-order valence-corrected chi connectivity index (χ2v) is 6.75. The number of anilines is 1. The number of hydrogen-bond acceptors (Lipinski definition) is 7. The first kappa shape index (κ1) is 19.5. The van der Waals surface area contributed by atoms with Gasteiger partial charge in [0.15, 0.2) is 11.2 Å². The van der Waals surface area contributed by atoms with Gasteiger partial charge in [-0.3, -0.25) is 14.3 Å². The molecule has 4 aromatic rings. The summed E-state index contributed by atoms with van der Waals surface area (Å²) in [5.41, 5.74) is -0.759. The Kier molecular flexibility index (Phi) is 5.40. The van der Waals surface area contributed by atoms with Crippen LogP contribution in [0, 0.1) is 0 Å². The van der Waals surface area contributed by atoms with Crippen molar-refractivity contribution in [1.82, 2.24) is 19.1 Å². The highest BCUT2D eigenvalue weighted by atomic mass is 16.5. The number of para-hydroxylation sites is 1. The normalized spacial score (nSPS) is 12.2. The number of aryl methyl sites for hydroxylation is 1. The second kappa shape index (κ2) is 8.29. The summed E-state index contributed by atoms with van der Waals surface area (Å²) in [6.07, 6.45) is 0.627. The zero-order valence-electron chi connectivity index (χ0n) is 16.2.